The minimum absolute atomic E-state index is 0.286. The number of nitrogens with two attached hydrogens (primary N) is 1. The van der Waals surface area contributed by atoms with Crippen LogP contribution >= 0.6 is 11.6 Å². The van der Waals surface area contributed by atoms with Crippen molar-refractivity contribution in [1.29, 1.82) is 0 Å². The van der Waals surface area contributed by atoms with E-state index in [-0.39, 0.29) is 5.97 Å². The van der Waals surface area contributed by atoms with E-state index in [2.05, 4.69) is 0 Å². The molecule has 0 bridgehead atoms. The van der Waals surface area contributed by atoms with Crippen LogP contribution in [0.5, 0.6) is 0 Å². The molecule has 0 unspecified atom stereocenters. The van der Waals surface area contributed by atoms with Crippen molar-refractivity contribution in [2.24, 2.45) is 0 Å². The molecule has 82 valence electrons. The lowest BCUT2D eigenvalue weighted by molar-refractivity contribution is -0.140. The van der Waals surface area contributed by atoms with Crippen molar-refractivity contribution in [1.82, 2.24) is 0 Å². The summed E-state index contributed by atoms with van der Waals surface area (Å²) in [5, 5.41) is 0.661. The van der Waals surface area contributed by atoms with Gasteiger partial charge in [-0.25, -0.2) is 0 Å². The van der Waals surface area contributed by atoms with Gasteiger partial charge in [-0.1, -0.05) is 11.6 Å². The van der Waals surface area contributed by atoms with E-state index >= 15 is 0 Å². The Bertz CT molecular complexity index is 377. The van der Waals surface area contributed by atoms with Gasteiger partial charge in [-0.15, -0.1) is 0 Å². The monoisotopic (exact) mass is 227 g/mol. The Kier molecular flexibility index (Phi) is 3.97. The van der Waals surface area contributed by atoms with Gasteiger partial charge in [0.2, 0.25) is 0 Å². The van der Waals surface area contributed by atoms with Crippen molar-refractivity contribution in [3.8, 4) is 0 Å². The zero-order valence-electron chi connectivity index (χ0n) is 8.84. The number of hydrogen-bond donors (Lipinski definition) is 1. The van der Waals surface area contributed by atoms with Gasteiger partial charge in [0.15, 0.2) is 0 Å². The van der Waals surface area contributed by atoms with E-state index < -0.39 is 0 Å². The number of aryl methyl sites for hydroxylation is 1. The second-order valence-corrected chi connectivity index (χ2v) is 3.80. The third-order valence-corrected chi connectivity index (χ3v) is 2.46. The van der Waals surface area contributed by atoms with Crippen LogP contribution in [0.2, 0.25) is 5.02 Å². The molecule has 0 aliphatic carbocycles. The second-order valence-electron chi connectivity index (χ2n) is 3.39. The van der Waals surface area contributed by atoms with Crippen LogP contribution in [0, 0.1) is 6.92 Å². The third kappa shape index (κ3) is 3.44. The number of rotatable bonds is 3. The van der Waals surface area contributed by atoms with Crippen LogP contribution in [0.4, 0.5) is 5.69 Å². The molecule has 0 heterocycles. The van der Waals surface area contributed by atoms with Gasteiger partial charge in [0.1, 0.15) is 0 Å². The van der Waals surface area contributed by atoms with Gasteiger partial charge in [-0.2, -0.15) is 0 Å². The molecule has 0 saturated carbocycles. The van der Waals surface area contributed by atoms with E-state index in [0.717, 1.165) is 11.1 Å². The fourth-order valence-electron chi connectivity index (χ4n) is 1.23. The quantitative estimate of drug-likeness (QED) is 0.637. The summed E-state index contributed by atoms with van der Waals surface area (Å²) in [5.41, 5.74) is 8.32. The normalized spacial score (nSPS) is 10.1. The van der Waals surface area contributed by atoms with Crippen LogP contribution in [0.15, 0.2) is 12.1 Å². The average Bonchev–Trinajstić information content (AvgIpc) is 2.13. The topological polar surface area (TPSA) is 52.3 Å². The molecule has 0 aliphatic heterocycles. The van der Waals surface area contributed by atoms with Crippen LogP contribution in [-0.4, -0.2) is 12.6 Å². The molecule has 1 aromatic rings. The van der Waals surface area contributed by atoms with Gasteiger partial charge < -0.3 is 10.5 Å². The number of benzene rings is 1. The summed E-state index contributed by atoms with van der Waals surface area (Å²) >= 11 is 6.02. The van der Waals surface area contributed by atoms with Gasteiger partial charge in [0.05, 0.1) is 6.61 Å². The van der Waals surface area contributed by atoms with E-state index in [4.69, 9.17) is 22.1 Å². The number of carbonyl (C=O) groups excluding carboxylic acids is 1. The fraction of sp³-hybridized carbons (Fsp3) is 0.364. The largest absolute Gasteiger partial charge is 0.466 e. The zero-order chi connectivity index (χ0) is 11.4. The summed E-state index contributed by atoms with van der Waals surface area (Å²) < 4.78 is 4.83. The van der Waals surface area contributed by atoms with E-state index in [9.17, 15) is 4.79 Å². The van der Waals surface area contributed by atoms with Crippen LogP contribution in [0.1, 0.15) is 18.1 Å². The molecule has 1 rings (SSSR count). The first-order valence-electron chi connectivity index (χ1n) is 4.68. The van der Waals surface area contributed by atoms with Crippen molar-refractivity contribution in [3.63, 3.8) is 0 Å². The first-order valence-corrected chi connectivity index (χ1v) is 5.06. The van der Waals surface area contributed by atoms with E-state index in [1.807, 2.05) is 19.1 Å². The maximum absolute atomic E-state index is 10.6. The minimum atomic E-state index is -0.286. The van der Waals surface area contributed by atoms with Gasteiger partial charge in [0.25, 0.3) is 0 Å². The maximum Gasteiger partial charge on any atom is 0.302 e. The van der Waals surface area contributed by atoms with Crippen molar-refractivity contribution < 1.29 is 9.53 Å². The molecule has 3 nitrogen and oxygen atoms in total. The summed E-state index contributed by atoms with van der Waals surface area (Å²) in [5.74, 6) is -0.286. The lowest BCUT2D eigenvalue weighted by Gasteiger charge is -2.08. The smallest absolute Gasteiger partial charge is 0.302 e. The number of halogens is 1. The molecule has 15 heavy (non-hydrogen) atoms. The number of hydrogen-bond acceptors (Lipinski definition) is 3. The van der Waals surface area contributed by atoms with Crippen LogP contribution < -0.4 is 5.73 Å². The number of esters is 1. The molecule has 1 aromatic carbocycles. The summed E-state index contributed by atoms with van der Waals surface area (Å²) in [6, 6.07) is 3.64. The molecule has 0 fully saturated rings. The van der Waals surface area contributed by atoms with E-state index in [1.54, 1.807) is 0 Å². The first-order chi connectivity index (χ1) is 7.00. The number of ether oxygens (including phenoxy) is 1. The zero-order valence-corrected chi connectivity index (χ0v) is 9.60. The minimum Gasteiger partial charge on any atom is -0.466 e. The number of nitrogen functional groups attached to an aromatic ring is 1. The SMILES string of the molecule is CC(=O)OCCc1cc(N)c(C)cc1Cl. The summed E-state index contributed by atoms with van der Waals surface area (Å²) in [7, 11) is 0. The van der Waals surface area contributed by atoms with Crippen molar-refractivity contribution in [2.45, 2.75) is 20.3 Å². The molecule has 2 N–H and O–H groups in total. The average molecular weight is 228 g/mol. The lowest BCUT2D eigenvalue weighted by atomic mass is 10.1. The third-order valence-electron chi connectivity index (χ3n) is 2.11. The van der Waals surface area contributed by atoms with E-state index in [0.29, 0.717) is 23.7 Å². The van der Waals surface area contributed by atoms with Gasteiger partial charge in [-0.3, -0.25) is 4.79 Å². The van der Waals surface area contributed by atoms with Crippen LogP contribution in [0.3, 0.4) is 0 Å². The standard InChI is InChI=1S/C11H14ClNO2/c1-7-5-10(12)9(6-11(7)13)3-4-15-8(2)14/h5-6H,3-4,13H2,1-2H3. The fourth-order valence-corrected chi connectivity index (χ4v) is 1.55. The highest BCUT2D eigenvalue weighted by Gasteiger charge is 2.04. The molecule has 0 atom stereocenters. The van der Waals surface area contributed by atoms with Crippen LogP contribution in [-0.2, 0) is 16.0 Å². The Morgan fingerprint density at radius 1 is 1.53 bits per heavy atom. The van der Waals surface area contributed by atoms with Crippen molar-refractivity contribution >= 4 is 23.3 Å². The Morgan fingerprint density at radius 2 is 2.20 bits per heavy atom. The van der Waals surface area contributed by atoms with Crippen molar-refractivity contribution in [3.05, 3.63) is 28.3 Å². The molecule has 0 aliphatic rings. The number of anilines is 1. The van der Waals surface area contributed by atoms with Gasteiger partial charge in [-0.05, 0) is 30.2 Å². The molecular weight excluding hydrogens is 214 g/mol. The van der Waals surface area contributed by atoms with Gasteiger partial charge in [0, 0.05) is 24.1 Å². The molecule has 0 amide bonds. The molecule has 0 radical (unpaired) electrons. The highest BCUT2D eigenvalue weighted by Crippen LogP contribution is 2.23. The molecule has 0 spiro atoms. The maximum atomic E-state index is 10.6. The predicted octanol–water partition coefficient (Wildman–Crippen LogP) is 2.34. The first kappa shape index (κ1) is 11.9. The Labute approximate surface area is 94.2 Å². The summed E-state index contributed by atoms with van der Waals surface area (Å²) in [4.78, 5) is 10.6. The Balaban J connectivity index is 2.69. The van der Waals surface area contributed by atoms with E-state index in [1.165, 1.54) is 6.92 Å². The lowest BCUT2D eigenvalue weighted by Crippen LogP contribution is -2.04. The highest BCUT2D eigenvalue weighted by atomic mass is 35.5. The van der Waals surface area contributed by atoms with Crippen LogP contribution in [0.25, 0.3) is 0 Å². The highest BCUT2D eigenvalue weighted by molar-refractivity contribution is 6.31. The summed E-state index contributed by atoms with van der Waals surface area (Å²) in [6.07, 6.45) is 0.586. The number of carbonyl (C=O) groups is 1. The van der Waals surface area contributed by atoms with Gasteiger partial charge >= 0.3 is 5.97 Å². The Hall–Kier alpha value is -1.22. The molecule has 4 heteroatoms. The summed E-state index contributed by atoms with van der Waals surface area (Å²) in [6.45, 7) is 3.61. The molecule has 0 saturated heterocycles. The van der Waals surface area contributed by atoms with Crippen molar-refractivity contribution in [2.75, 3.05) is 12.3 Å². The molecular formula is C11H14ClNO2. The molecule has 0 aromatic heterocycles. The Morgan fingerprint density at radius 3 is 2.80 bits per heavy atom. The predicted molar refractivity (Wildman–Crippen MR) is 60.9 cm³/mol. The second kappa shape index (κ2) is 5.03.